The Morgan fingerprint density at radius 2 is 2.42 bits per heavy atom. The highest BCUT2D eigenvalue weighted by atomic mass is 35.5. The number of aromatic nitrogens is 1. The Balaban J connectivity index is 2.74. The summed E-state index contributed by atoms with van der Waals surface area (Å²) in [6, 6.07) is 3.52. The first-order valence-electron chi connectivity index (χ1n) is 3.45. The zero-order chi connectivity index (χ0) is 8.55. The Labute approximate surface area is 73.6 Å². The molecule has 0 saturated heterocycles. The number of furan rings is 1. The van der Waals surface area contributed by atoms with E-state index in [0.717, 1.165) is 5.39 Å². The normalized spacial score (nSPS) is 10.8. The second-order valence-electron chi connectivity index (χ2n) is 2.39. The molecule has 0 atom stereocenters. The fourth-order valence-corrected chi connectivity index (χ4v) is 1.27. The summed E-state index contributed by atoms with van der Waals surface area (Å²) in [6.07, 6.45) is 1.60. The van der Waals surface area contributed by atoms with Crippen LogP contribution in [0.4, 0.5) is 0 Å². The monoisotopic (exact) mass is 183 g/mol. The van der Waals surface area contributed by atoms with E-state index < -0.39 is 0 Å². The van der Waals surface area contributed by atoms with Gasteiger partial charge in [-0.15, -0.1) is 0 Å². The van der Waals surface area contributed by atoms with Crippen LogP contribution in [0.2, 0.25) is 5.15 Å². The largest absolute Gasteiger partial charge is 0.455 e. The Morgan fingerprint density at radius 1 is 1.58 bits per heavy atom. The van der Waals surface area contributed by atoms with Crippen molar-refractivity contribution < 1.29 is 9.52 Å². The number of halogens is 1. The molecular weight excluding hydrogens is 178 g/mol. The minimum absolute atomic E-state index is 0.120. The molecule has 0 aliphatic heterocycles. The topological polar surface area (TPSA) is 46.3 Å². The fourth-order valence-electron chi connectivity index (χ4n) is 1.06. The number of aliphatic hydroxyl groups excluding tert-OH is 1. The van der Waals surface area contributed by atoms with Crippen molar-refractivity contribution in [2.45, 2.75) is 6.61 Å². The molecule has 0 aliphatic carbocycles. The van der Waals surface area contributed by atoms with Crippen molar-refractivity contribution in [3.63, 3.8) is 0 Å². The van der Waals surface area contributed by atoms with Crippen molar-refractivity contribution >= 4 is 22.6 Å². The van der Waals surface area contributed by atoms with Crippen LogP contribution < -0.4 is 0 Å². The lowest BCUT2D eigenvalue weighted by molar-refractivity contribution is 0.251. The van der Waals surface area contributed by atoms with Gasteiger partial charge in [0.05, 0.1) is 0 Å². The Kier molecular flexibility index (Phi) is 1.75. The smallest absolute Gasteiger partial charge is 0.172 e. The van der Waals surface area contributed by atoms with Gasteiger partial charge >= 0.3 is 0 Å². The first kappa shape index (κ1) is 7.58. The van der Waals surface area contributed by atoms with Crippen molar-refractivity contribution in [1.82, 2.24) is 4.98 Å². The summed E-state index contributed by atoms with van der Waals surface area (Å²) in [5.41, 5.74) is 0.531. The summed E-state index contributed by atoms with van der Waals surface area (Å²) in [7, 11) is 0. The molecule has 2 aromatic heterocycles. The first-order valence-corrected chi connectivity index (χ1v) is 3.83. The molecule has 0 aromatic carbocycles. The number of aliphatic hydroxyl groups is 1. The van der Waals surface area contributed by atoms with Crippen LogP contribution in [-0.4, -0.2) is 10.1 Å². The van der Waals surface area contributed by atoms with Gasteiger partial charge in [0.25, 0.3) is 0 Å². The van der Waals surface area contributed by atoms with Crippen molar-refractivity contribution in [2.75, 3.05) is 0 Å². The van der Waals surface area contributed by atoms with E-state index in [4.69, 9.17) is 21.1 Å². The van der Waals surface area contributed by atoms with E-state index in [0.29, 0.717) is 16.5 Å². The van der Waals surface area contributed by atoms with Crippen LogP contribution in [0.5, 0.6) is 0 Å². The highest BCUT2D eigenvalue weighted by molar-refractivity contribution is 6.33. The van der Waals surface area contributed by atoms with Crippen molar-refractivity contribution in [1.29, 1.82) is 0 Å². The number of rotatable bonds is 1. The van der Waals surface area contributed by atoms with Gasteiger partial charge in [-0.2, -0.15) is 0 Å². The molecule has 0 fully saturated rings. The molecule has 0 spiro atoms. The summed E-state index contributed by atoms with van der Waals surface area (Å²) < 4.78 is 5.20. The Morgan fingerprint density at radius 3 is 3.08 bits per heavy atom. The van der Waals surface area contributed by atoms with E-state index in [2.05, 4.69) is 4.98 Å². The van der Waals surface area contributed by atoms with E-state index in [-0.39, 0.29) is 6.61 Å². The minimum atomic E-state index is -0.120. The van der Waals surface area contributed by atoms with E-state index in [9.17, 15) is 0 Å². The second kappa shape index (κ2) is 2.77. The quantitative estimate of drug-likeness (QED) is 0.688. The molecule has 1 N–H and O–H groups in total. The lowest BCUT2D eigenvalue weighted by Gasteiger charge is -1.88. The summed E-state index contributed by atoms with van der Waals surface area (Å²) in [4.78, 5) is 3.84. The van der Waals surface area contributed by atoms with Crippen LogP contribution in [0, 0.1) is 0 Å². The number of fused-ring (bicyclic) bond motifs is 1. The molecule has 4 heteroatoms. The standard InChI is InChI=1S/C8H6ClNO2/c9-8-7-5(1-2-10-8)3-6(4-11)12-7/h1-3,11H,4H2. The third-order valence-electron chi connectivity index (χ3n) is 1.60. The van der Waals surface area contributed by atoms with Gasteiger partial charge in [-0.3, -0.25) is 0 Å². The predicted molar refractivity (Wildman–Crippen MR) is 44.9 cm³/mol. The predicted octanol–water partition coefficient (Wildman–Crippen LogP) is 1.97. The number of hydrogen-bond donors (Lipinski definition) is 1. The second-order valence-corrected chi connectivity index (χ2v) is 2.75. The van der Waals surface area contributed by atoms with Gasteiger partial charge in [-0.25, -0.2) is 4.98 Å². The van der Waals surface area contributed by atoms with Crippen LogP contribution in [0.1, 0.15) is 5.76 Å². The number of hydrogen-bond acceptors (Lipinski definition) is 3. The summed E-state index contributed by atoms with van der Waals surface area (Å²) >= 11 is 5.74. The van der Waals surface area contributed by atoms with Crippen molar-refractivity contribution in [3.05, 3.63) is 29.2 Å². The average Bonchev–Trinajstić information content (AvgIpc) is 2.49. The summed E-state index contributed by atoms with van der Waals surface area (Å²) in [6.45, 7) is -0.120. The van der Waals surface area contributed by atoms with E-state index in [1.54, 1.807) is 18.3 Å². The van der Waals surface area contributed by atoms with Gasteiger partial charge in [0.2, 0.25) is 0 Å². The molecule has 0 bridgehead atoms. The van der Waals surface area contributed by atoms with E-state index >= 15 is 0 Å². The molecular formula is C8H6ClNO2. The molecule has 12 heavy (non-hydrogen) atoms. The minimum Gasteiger partial charge on any atom is -0.455 e. The molecule has 62 valence electrons. The number of nitrogens with zero attached hydrogens (tertiary/aromatic N) is 1. The molecule has 0 aliphatic rings. The molecule has 0 saturated carbocycles. The van der Waals surface area contributed by atoms with Gasteiger partial charge in [-0.1, -0.05) is 11.6 Å². The lowest BCUT2D eigenvalue weighted by atomic mass is 10.3. The average molecular weight is 184 g/mol. The Hall–Kier alpha value is -1.06. The maximum absolute atomic E-state index is 8.77. The van der Waals surface area contributed by atoms with E-state index in [1.165, 1.54) is 0 Å². The summed E-state index contributed by atoms with van der Waals surface area (Å²) in [5.74, 6) is 0.500. The highest BCUT2D eigenvalue weighted by Gasteiger charge is 2.05. The fraction of sp³-hybridized carbons (Fsp3) is 0.125. The summed E-state index contributed by atoms with van der Waals surface area (Å²) in [5, 5.41) is 9.96. The van der Waals surface area contributed by atoms with Crippen molar-refractivity contribution in [3.8, 4) is 0 Å². The highest BCUT2D eigenvalue weighted by Crippen LogP contribution is 2.24. The third kappa shape index (κ3) is 1.07. The zero-order valence-electron chi connectivity index (χ0n) is 6.12. The van der Waals surface area contributed by atoms with Crippen LogP contribution >= 0.6 is 11.6 Å². The zero-order valence-corrected chi connectivity index (χ0v) is 6.88. The molecule has 0 radical (unpaired) electrons. The van der Waals surface area contributed by atoms with E-state index in [1.807, 2.05) is 0 Å². The van der Waals surface area contributed by atoms with Gasteiger partial charge < -0.3 is 9.52 Å². The van der Waals surface area contributed by atoms with Crippen molar-refractivity contribution in [2.24, 2.45) is 0 Å². The maximum Gasteiger partial charge on any atom is 0.172 e. The maximum atomic E-state index is 8.77. The molecule has 3 nitrogen and oxygen atoms in total. The molecule has 2 aromatic rings. The molecule has 2 rings (SSSR count). The van der Waals surface area contributed by atoms with Gasteiger partial charge in [-0.05, 0) is 12.1 Å². The lowest BCUT2D eigenvalue weighted by Crippen LogP contribution is -1.73. The van der Waals surface area contributed by atoms with Gasteiger partial charge in [0, 0.05) is 11.6 Å². The van der Waals surface area contributed by atoms with Gasteiger partial charge in [0.15, 0.2) is 10.7 Å². The molecule has 0 amide bonds. The molecule has 2 heterocycles. The SMILES string of the molecule is OCc1cc2ccnc(Cl)c2o1. The van der Waals surface area contributed by atoms with Gasteiger partial charge in [0.1, 0.15) is 12.4 Å². The molecule has 0 unspecified atom stereocenters. The number of pyridine rings is 1. The van der Waals surface area contributed by atoms with Crippen LogP contribution in [-0.2, 0) is 6.61 Å². The Bertz CT molecular complexity index is 410. The first-order chi connectivity index (χ1) is 5.81. The third-order valence-corrected chi connectivity index (χ3v) is 1.87. The van der Waals surface area contributed by atoms with Crippen LogP contribution in [0.3, 0.4) is 0 Å². The van der Waals surface area contributed by atoms with Crippen LogP contribution in [0.25, 0.3) is 11.0 Å². The van der Waals surface area contributed by atoms with Crippen LogP contribution in [0.15, 0.2) is 22.7 Å².